The fraction of sp³-hybridized carbons (Fsp3) is 0.292. The van der Waals surface area contributed by atoms with E-state index < -0.39 is 0 Å². The summed E-state index contributed by atoms with van der Waals surface area (Å²) in [7, 11) is 1.65. The lowest BCUT2D eigenvalue weighted by atomic mass is 10.1. The minimum absolute atomic E-state index is 0.579. The van der Waals surface area contributed by atoms with Crippen molar-refractivity contribution in [2.75, 3.05) is 38.3 Å². The Hall–Kier alpha value is -3.30. The van der Waals surface area contributed by atoms with E-state index in [0.29, 0.717) is 19.0 Å². The highest BCUT2D eigenvalue weighted by Gasteiger charge is 2.23. The van der Waals surface area contributed by atoms with Crippen LogP contribution in [0.4, 0.5) is 5.95 Å². The summed E-state index contributed by atoms with van der Waals surface area (Å²) in [6.45, 7) is 5.06. The Balaban J connectivity index is 1.42. The van der Waals surface area contributed by atoms with E-state index in [1.54, 1.807) is 18.9 Å². The molecule has 1 fully saturated rings. The van der Waals surface area contributed by atoms with Crippen molar-refractivity contribution >= 4 is 17.7 Å². The normalized spacial score (nSPS) is 13.9. The summed E-state index contributed by atoms with van der Waals surface area (Å²) in [5.74, 6) is 2.94. The van der Waals surface area contributed by atoms with Gasteiger partial charge in [-0.15, -0.1) is 10.2 Å². The summed E-state index contributed by atoms with van der Waals surface area (Å²) in [5.41, 5.74) is 3.88. The molecule has 0 radical (unpaired) electrons. The number of morpholine rings is 1. The van der Waals surface area contributed by atoms with Gasteiger partial charge in [0.25, 0.3) is 0 Å². The van der Waals surface area contributed by atoms with Crippen LogP contribution >= 0.6 is 11.8 Å². The Morgan fingerprint density at radius 3 is 2.64 bits per heavy atom. The number of rotatable bonds is 7. The standard InChI is InChI=1S/C24H25N5O3S/c1-17-7-3-5-9-21(17)29-23(28-11-13-31-14-12-28)25-26-24(29)33-16-18-15-20(27-32-18)19-8-4-6-10-22(19)30-2/h3-10,15H,11-14,16H2,1-2H3. The Morgan fingerprint density at radius 2 is 1.82 bits per heavy atom. The van der Waals surface area contributed by atoms with E-state index in [1.165, 1.54) is 0 Å². The van der Waals surface area contributed by atoms with Crippen molar-refractivity contribution in [3.63, 3.8) is 0 Å². The molecule has 0 unspecified atom stereocenters. The minimum atomic E-state index is 0.579. The smallest absolute Gasteiger partial charge is 0.232 e. The van der Waals surface area contributed by atoms with Crippen LogP contribution in [0.3, 0.4) is 0 Å². The molecular formula is C24H25N5O3S. The lowest BCUT2D eigenvalue weighted by Crippen LogP contribution is -2.38. The number of hydrogen-bond acceptors (Lipinski definition) is 8. The van der Waals surface area contributed by atoms with Crippen molar-refractivity contribution in [1.29, 1.82) is 0 Å². The molecule has 0 atom stereocenters. The van der Waals surface area contributed by atoms with Gasteiger partial charge in [-0.3, -0.25) is 4.57 Å². The summed E-state index contributed by atoms with van der Waals surface area (Å²) in [6, 6.07) is 18.0. The van der Waals surface area contributed by atoms with Crippen LogP contribution in [-0.4, -0.2) is 53.3 Å². The maximum absolute atomic E-state index is 5.62. The number of aryl methyl sites for hydroxylation is 1. The molecule has 0 amide bonds. The predicted octanol–water partition coefficient (Wildman–Crippen LogP) is 4.37. The van der Waals surface area contributed by atoms with E-state index in [2.05, 4.69) is 43.9 Å². The van der Waals surface area contributed by atoms with Gasteiger partial charge in [-0.25, -0.2) is 0 Å². The summed E-state index contributed by atoms with van der Waals surface area (Å²) in [4.78, 5) is 2.22. The summed E-state index contributed by atoms with van der Waals surface area (Å²) in [5, 5.41) is 14.1. The molecule has 0 spiro atoms. The number of ether oxygens (including phenoxy) is 2. The SMILES string of the molecule is COc1ccccc1-c1cc(CSc2nnc(N3CCOCC3)n2-c2ccccc2C)on1. The molecule has 0 bridgehead atoms. The number of para-hydroxylation sites is 2. The van der Waals surface area contributed by atoms with E-state index in [1.807, 2.05) is 42.5 Å². The molecule has 1 aliphatic heterocycles. The first-order valence-electron chi connectivity index (χ1n) is 10.8. The molecule has 4 aromatic rings. The van der Waals surface area contributed by atoms with Gasteiger partial charge in [0.05, 0.1) is 31.8 Å². The van der Waals surface area contributed by atoms with E-state index in [4.69, 9.17) is 14.0 Å². The number of hydrogen-bond donors (Lipinski definition) is 0. The van der Waals surface area contributed by atoms with Gasteiger partial charge in [0.1, 0.15) is 17.2 Å². The highest BCUT2D eigenvalue weighted by Crippen LogP contribution is 2.33. The molecule has 1 aliphatic rings. The first-order valence-corrected chi connectivity index (χ1v) is 11.8. The molecule has 3 heterocycles. The molecule has 5 rings (SSSR count). The van der Waals surface area contributed by atoms with E-state index >= 15 is 0 Å². The minimum Gasteiger partial charge on any atom is -0.496 e. The molecule has 33 heavy (non-hydrogen) atoms. The third-order valence-corrected chi connectivity index (χ3v) is 6.50. The number of anilines is 1. The Kier molecular flexibility index (Phi) is 6.32. The van der Waals surface area contributed by atoms with Crippen LogP contribution in [0, 0.1) is 6.92 Å². The summed E-state index contributed by atoms with van der Waals surface area (Å²) in [6.07, 6.45) is 0. The van der Waals surface area contributed by atoms with Crippen LogP contribution in [0.25, 0.3) is 16.9 Å². The van der Waals surface area contributed by atoms with Gasteiger partial charge < -0.3 is 18.9 Å². The molecule has 0 saturated carbocycles. The van der Waals surface area contributed by atoms with Crippen LogP contribution < -0.4 is 9.64 Å². The first-order chi connectivity index (χ1) is 16.2. The fourth-order valence-electron chi connectivity index (χ4n) is 3.85. The van der Waals surface area contributed by atoms with Crippen LogP contribution in [0.1, 0.15) is 11.3 Å². The zero-order valence-electron chi connectivity index (χ0n) is 18.6. The monoisotopic (exact) mass is 463 g/mol. The number of benzene rings is 2. The third kappa shape index (κ3) is 4.46. The Labute approximate surface area is 196 Å². The van der Waals surface area contributed by atoms with Crippen LogP contribution in [0.15, 0.2) is 64.3 Å². The molecule has 170 valence electrons. The number of nitrogens with zero attached hydrogens (tertiary/aromatic N) is 5. The molecular weight excluding hydrogens is 438 g/mol. The van der Waals surface area contributed by atoms with E-state index in [-0.39, 0.29) is 0 Å². The zero-order chi connectivity index (χ0) is 22.6. The molecule has 2 aromatic heterocycles. The molecule has 9 heteroatoms. The highest BCUT2D eigenvalue weighted by molar-refractivity contribution is 7.98. The average molecular weight is 464 g/mol. The van der Waals surface area contributed by atoms with Gasteiger partial charge in [0.15, 0.2) is 5.16 Å². The van der Waals surface area contributed by atoms with Crippen LogP contribution in [0.2, 0.25) is 0 Å². The zero-order valence-corrected chi connectivity index (χ0v) is 19.4. The maximum atomic E-state index is 5.62. The van der Waals surface area contributed by atoms with Gasteiger partial charge in [0, 0.05) is 24.7 Å². The van der Waals surface area contributed by atoms with Crippen LogP contribution in [0.5, 0.6) is 5.75 Å². The van der Waals surface area contributed by atoms with E-state index in [0.717, 1.165) is 58.2 Å². The summed E-state index contributed by atoms with van der Waals surface area (Å²) < 4.78 is 18.7. The van der Waals surface area contributed by atoms with Crippen molar-refractivity contribution in [3.8, 4) is 22.7 Å². The second-order valence-corrected chi connectivity index (χ2v) is 8.61. The first kappa shape index (κ1) is 21.5. The molecule has 8 nitrogen and oxygen atoms in total. The van der Waals surface area contributed by atoms with Crippen LogP contribution in [-0.2, 0) is 10.5 Å². The van der Waals surface area contributed by atoms with E-state index in [9.17, 15) is 0 Å². The van der Waals surface area contributed by atoms with Crippen molar-refractivity contribution in [1.82, 2.24) is 19.9 Å². The lowest BCUT2D eigenvalue weighted by Gasteiger charge is -2.28. The van der Waals surface area contributed by atoms with Crippen molar-refractivity contribution in [3.05, 3.63) is 65.9 Å². The maximum Gasteiger partial charge on any atom is 0.232 e. The molecule has 1 saturated heterocycles. The highest BCUT2D eigenvalue weighted by atomic mass is 32.2. The van der Waals surface area contributed by atoms with Gasteiger partial charge in [-0.2, -0.15) is 0 Å². The van der Waals surface area contributed by atoms with Gasteiger partial charge in [-0.05, 0) is 30.7 Å². The quantitative estimate of drug-likeness (QED) is 0.374. The molecule has 2 aromatic carbocycles. The number of aromatic nitrogens is 4. The van der Waals surface area contributed by atoms with Gasteiger partial charge >= 0.3 is 0 Å². The number of methoxy groups -OCH3 is 1. The van der Waals surface area contributed by atoms with Gasteiger partial charge in [0.2, 0.25) is 5.95 Å². The lowest BCUT2D eigenvalue weighted by molar-refractivity contribution is 0.122. The largest absolute Gasteiger partial charge is 0.496 e. The van der Waals surface area contributed by atoms with Gasteiger partial charge in [-0.1, -0.05) is 47.3 Å². The number of thioether (sulfide) groups is 1. The Morgan fingerprint density at radius 1 is 1.03 bits per heavy atom. The van der Waals surface area contributed by atoms with Crippen molar-refractivity contribution < 1.29 is 14.0 Å². The predicted molar refractivity (Wildman–Crippen MR) is 127 cm³/mol. The average Bonchev–Trinajstić information content (AvgIpc) is 3.51. The molecule has 0 N–H and O–H groups in total. The van der Waals surface area contributed by atoms with Crippen molar-refractivity contribution in [2.24, 2.45) is 0 Å². The fourth-order valence-corrected chi connectivity index (χ4v) is 4.66. The summed E-state index contributed by atoms with van der Waals surface area (Å²) >= 11 is 1.57. The van der Waals surface area contributed by atoms with Crippen molar-refractivity contribution in [2.45, 2.75) is 17.8 Å². The Bertz CT molecular complexity index is 1230. The second kappa shape index (κ2) is 9.68. The molecule has 0 aliphatic carbocycles. The topological polar surface area (TPSA) is 78.4 Å². The third-order valence-electron chi connectivity index (χ3n) is 5.55. The second-order valence-electron chi connectivity index (χ2n) is 7.67.